The van der Waals surface area contributed by atoms with Crippen LogP contribution in [0.5, 0.6) is 5.75 Å². The van der Waals surface area contributed by atoms with Crippen molar-refractivity contribution in [3.8, 4) is 5.75 Å². The number of aromatic hydroxyl groups is 1. The molecule has 172 valence electrons. The third-order valence-corrected chi connectivity index (χ3v) is 7.34. The Hall–Kier alpha value is -2.80. The van der Waals surface area contributed by atoms with Gasteiger partial charge < -0.3 is 20.6 Å². The van der Waals surface area contributed by atoms with Crippen molar-refractivity contribution in [3.05, 3.63) is 52.3 Å². The van der Waals surface area contributed by atoms with Crippen molar-refractivity contribution in [2.45, 2.75) is 45.4 Å². The lowest BCUT2D eigenvalue weighted by molar-refractivity contribution is 0.0943. The van der Waals surface area contributed by atoms with E-state index >= 15 is 0 Å². The zero-order chi connectivity index (χ0) is 23.0. The Bertz CT molecular complexity index is 1040. The first kappa shape index (κ1) is 22.4. The smallest absolute Gasteiger partial charge is 0.326 e. The Labute approximate surface area is 189 Å². The van der Waals surface area contributed by atoms with Crippen LogP contribution in [-0.4, -0.2) is 59.7 Å². The molecule has 3 N–H and O–H groups in total. The summed E-state index contributed by atoms with van der Waals surface area (Å²) >= 11 is 0. The van der Waals surface area contributed by atoms with Gasteiger partial charge in [-0.3, -0.25) is 9.36 Å². The number of aromatic nitrogens is 1. The molecule has 1 aromatic carbocycles. The molecule has 2 aromatic rings. The maximum absolute atomic E-state index is 13.1. The molecule has 0 bridgehead atoms. The number of carbonyl (C=O) groups is 2. The molecule has 7 heteroatoms. The molecule has 0 unspecified atom stereocenters. The second-order valence-electron chi connectivity index (χ2n) is 9.23. The number of carbonyl (C=O) groups excluding carboxylic acids is 2. The minimum atomic E-state index is -0.243. The second kappa shape index (κ2) is 8.62. The predicted octanol–water partition coefficient (Wildman–Crippen LogP) is 2.82. The summed E-state index contributed by atoms with van der Waals surface area (Å²) in [6, 6.07) is 7.39. The number of nitrogens with one attached hydrogen (secondary N) is 2. The van der Waals surface area contributed by atoms with E-state index in [1.54, 1.807) is 10.6 Å². The minimum Gasteiger partial charge on any atom is -0.508 e. The fourth-order valence-electron chi connectivity index (χ4n) is 5.79. The van der Waals surface area contributed by atoms with Gasteiger partial charge in [0.2, 0.25) is 0 Å². The van der Waals surface area contributed by atoms with Crippen molar-refractivity contribution in [1.82, 2.24) is 20.1 Å². The van der Waals surface area contributed by atoms with E-state index in [9.17, 15) is 14.7 Å². The third-order valence-electron chi connectivity index (χ3n) is 7.34. The normalized spacial score (nSPS) is 22.7. The van der Waals surface area contributed by atoms with Gasteiger partial charge in [0.05, 0.1) is 0 Å². The van der Waals surface area contributed by atoms with Gasteiger partial charge in [-0.1, -0.05) is 12.1 Å². The first-order valence-electron chi connectivity index (χ1n) is 11.6. The Morgan fingerprint density at radius 1 is 1.22 bits per heavy atom. The van der Waals surface area contributed by atoms with Gasteiger partial charge in [-0.25, -0.2) is 4.79 Å². The van der Waals surface area contributed by atoms with Crippen molar-refractivity contribution >= 4 is 11.9 Å². The molecule has 2 amide bonds. The number of likely N-dealkylation sites (tertiary alicyclic amines) is 1. The van der Waals surface area contributed by atoms with Crippen LogP contribution in [0.25, 0.3) is 0 Å². The van der Waals surface area contributed by atoms with Crippen molar-refractivity contribution in [2.24, 2.45) is 5.92 Å². The van der Waals surface area contributed by atoms with E-state index in [1.807, 2.05) is 32.9 Å². The molecular weight excluding hydrogens is 404 g/mol. The molecule has 4 rings (SSSR count). The number of fused-ring (bicyclic) bond motifs is 2. The van der Waals surface area contributed by atoms with Crippen LogP contribution in [-0.2, 0) is 18.3 Å². The lowest BCUT2D eigenvalue weighted by Gasteiger charge is -2.50. The van der Waals surface area contributed by atoms with Gasteiger partial charge in [0.25, 0.3) is 5.91 Å². The summed E-state index contributed by atoms with van der Waals surface area (Å²) < 4.78 is 1.63. The minimum absolute atomic E-state index is 0.130. The summed E-state index contributed by atoms with van der Waals surface area (Å²) in [4.78, 5) is 28.5. The number of hydrogen-bond acceptors (Lipinski definition) is 4. The molecule has 32 heavy (non-hydrogen) atoms. The number of piperidine rings is 1. The highest BCUT2D eigenvalue weighted by Crippen LogP contribution is 2.49. The quantitative estimate of drug-likeness (QED) is 0.685. The van der Waals surface area contributed by atoms with E-state index in [0.717, 1.165) is 48.3 Å². The highest BCUT2D eigenvalue weighted by molar-refractivity contribution is 5.99. The van der Waals surface area contributed by atoms with E-state index in [2.05, 4.69) is 28.6 Å². The number of amides is 2. The van der Waals surface area contributed by atoms with Crippen LogP contribution in [0.1, 0.15) is 53.1 Å². The summed E-state index contributed by atoms with van der Waals surface area (Å²) in [6.45, 7) is 8.61. The third kappa shape index (κ3) is 3.58. The summed E-state index contributed by atoms with van der Waals surface area (Å²) in [6.07, 6.45) is 2.45. The monoisotopic (exact) mass is 438 g/mol. The Morgan fingerprint density at radius 2 is 1.97 bits per heavy atom. The van der Waals surface area contributed by atoms with Gasteiger partial charge in [0.15, 0.2) is 0 Å². The van der Waals surface area contributed by atoms with Gasteiger partial charge in [-0.15, -0.1) is 0 Å². The SMILES string of the molecule is CCNC(=O)c1c(C)c2c(n1C(=O)NCC)C[C@@H]1CN(C)CC[C@@]1(c1cccc(O)c1)C2. The van der Waals surface area contributed by atoms with Crippen molar-refractivity contribution < 1.29 is 14.7 Å². The topological polar surface area (TPSA) is 86.6 Å². The standard InChI is InChI=1S/C25H34N4O3/c1-5-26-23(31)22-16(3)20-14-25(17-8-7-9-19(30)12-17)10-11-28(4)15-18(25)13-21(20)29(22)24(32)27-6-2/h7-9,12,18,30H,5-6,10-11,13-15H2,1-4H3,(H,26,31)(H,27,32)/t18-,25+/m1/s1. The van der Waals surface area contributed by atoms with Crippen LogP contribution >= 0.6 is 0 Å². The van der Waals surface area contributed by atoms with Gasteiger partial charge in [-0.2, -0.15) is 0 Å². The van der Waals surface area contributed by atoms with Crippen LogP contribution in [0.3, 0.4) is 0 Å². The molecule has 1 aromatic heterocycles. The van der Waals surface area contributed by atoms with E-state index in [4.69, 9.17) is 0 Å². The highest BCUT2D eigenvalue weighted by atomic mass is 16.3. The number of rotatable bonds is 4. The van der Waals surface area contributed by atoms with Crippen molar-refractivity contribution in [2.75, 3.05) is 33.2 Å². The summed E-state index contributed by atoms with van der Waals surface area (Å²) in [5.74, 6) is 0.345. The fraction of sp³-hybridized carbons (Fsp3) is 0.520. The van der Waals surface area contributed by atoms with Crippen LogP contribution < -0.4 is 10.6 Å². The number of phenolic OH excluding ortho intramolecular Hbond substituents is 1. The average molecular weight is 439 g/mol. The zero-order valence-electron chi connectivity index (χ0n) is 19.5. The van der Waals surface area contributed by atoms with Crippen LogP contribution in [0.4, 0.5) is 4.79 Å². The maximum Gasteiger partial charge on any atom is 0.326 e. The van der Waals surface area contributed by atoms with Crippen LogP contribution in [0, 0.1) is 12.8 Å². The molecular formula is C25H34N4O3. The molecule has 1 aliphatic heterocycles. The number of nitrogens with zero attached hydrogens (tertiary/aromatic N) is 2. The van der Waals surface area contributed by atoms with Crippen LogP contribution in [0.2, 0.25) is 0 Å². The molecule has 1 fully saturated rings. The lowest BCUT2D eigenvalue weighted by atomic mass is 9.58. The van der Waals surface area contributed by atoms with Crippen molar-refractivity contribution in [3.63, 3.8) is 0 Å². The van der Waals surface area contributed by atoms with Gasteiger partial charge in [-0.05, 0) is 88.4 Å². The van der Waals surface area contributed by atoms with E-state index in [-0.39, 0.29) is 29.0 Å². The molecule has 0 saturated carbocycles. The molecule has 0 radical (unpaired) electrons. The first-order valence-corrected chi connectivity index (χ1v) is 11.6. The fourth-order valence-corrected chi connectivity index (χ4v) is 5.79. The Morgan fingerprint density at radius 3 is 2.66 bits per heavy atom. The molecule has 1 aliphatic carbocycles. The van der Waals surface area contributed by atoms with Gasteiger partial charge in [0.1, 0.15) is 11.4 Å². The second-order valence-corrected chi connectivity index (χ2v) is 9.23. The number of benzene rings is 1. The largest absolute Gasteiger partial charge is 0.508 e. The number of hydrogen-bond donors (Lipinski definition) is 3. The van der Waals surface area contributed by atoms with Gasteiger partial charge >= 0.3 is 6.03 Å². The zero-order valence-corrected chi connectivity index (χ0v) is 19.5. The van der Waals surface area contributed by atoms with Crippen LogP contribution in [0.15, 0.2) is 24.3 Å². The molecule has 2 aliphatic rings. The summed E-state index contributed by atoms with van der Waals surface area (Å²) in [5, 5.41) is 16.0. The molecule has 1 saturated heterocycles. The Kier molecular flexibility index (Phi) is 6.03. The lowest BCUT2D eigenvalue weighted by Crippen LogP contribution is -2.53. The molecule has 2 atom stereocenters. The molecule has 7 nitrogen and oxygen atoms in total. The predicted molar refractivity (Wildman–Crippen MR) is 124 cm³/mol. The number of phenols is 1. The molecule has 2 heterocycles. The highest BCUT2D eigenvalue weighted by Gasteiger charge is 2.49. The van der Waals surface area contributed by atoms with E-state index in [0.29, 0.717) is 25.2 Å². The van der Waals surface area contributed by atoms with E-state index in [1.165, 1.54) is 0 Å². The van der Waals surface area contributed by atoms with E-state index < -0.39 is 0 Å². The van der Waals surface area contributed by atoms with Gasteiger partial charge in [0, 0.05) is 30.7 Å². The molecule has 0 spiro atoms. The van der Waals surface area contributed by atoms with Crippen molar-refractivity contribution in [1.29, 1.82) is 0 Å². The maximum atomic E-state index is 13.1. The summed E-state index contributed by atoms with van der Waals surface area (Å²) in [5.41, 5.74) is 4.39. The first-order chi connectivity index (χ1) is 15.3. The summed E-state index contributed by atoms with van der Waals surface area (Å²) in [7, 11) is 2.14. The average Bonchev–Trinajstić information content (AvgIpc) is 3.04. The Balaban J connectivity index is 1.90.